The molecule has 0 saturated heterocycles. The van der Waals surface area contributed by atoms with Crippen molar-refractivity contribution < 1.29 is 4.79 Å². The lowest BCUT2D eigenvalue weighted by molar-refractivity contribution is 0.0939. The number of hydrogen-bond acceptors (Lipinski definition) is 4. The van der Waals surface area contributed by atoms with Gasteiger partial charge in [0.05, 0.1) is 11.6 Å². The largest absolute Gasteiger partial charge is 0.343 e. The summed E-state index contributed by atoms with van der Waals surface area (Å²) in [6.45, 7) is 1.89. The average Bonchev–Trinajstić information content (AvgIpc) is 2.83. The molecule has 2 rings (SSSR count). The van der Waals surface area contributed by atoms with Gasteiger partial charge in [0.25, 0.3) is 5.91 Å². The fourth-order valence-electron chi connectivity index (χ4n) is 1.30. The van der Waals surface area contributed by atoms with E-state index < -0.39 is 0 Å². The molecule has 1 amide bonds. The molecule has 17 heavy (non-hydrogen) atoms. The van der Waals surface area contributed by atoms with E-state index in [-0.39, 0.29) is 11.9 Å². The third kappa shape index (κ3) is 3.01. The Kier molecular flexibility index (Phi) is 3.71. The Hall–Kier alpha value is -1.46. The lowest BCUT2D eigenvalue weighted by Gasteiger charge is -2.10. The second-order valence-corrected chi connectivity index (χ2v) is 4.75. The number of halogens is 1. The van der Waals surface area contributed by atoms with Gasteiger partial charge in [0.1, 0.15) is 10.2 Å². The van der Waals surface area contributed by atoms with Gasteiger partial charge in [-0.15, -0.1) is 11.3 Å². The molecule has 0 aromatic carbocycles. The van der Waals surface area contributed by atoms with Crippen LogP contribution >= 0.6 is 22.9 Å². The Morgan fingerprint density at radius 1 is 1.47 bits per heavy atom. The molecule has 1 atom stereocenters. The first-order valence-corrected chi connectivity index (χ1v) is 6.24. The summed E-state index contributed by atoms with van der Waals surface area (Å²) in [4.78, 5) is 19.9. The van der Waals surface area contributed by atoms with Crippen LogP contribution in [0.15, 0.2) is 29.9 Å². The zero-order chi connectivity index (χ0) is 12.3. The second kappa shape index (κ2) is 5.25. The van der Waals surface area contributed by atoms with Gasteiger partial charge in [0.2, 0.25) is 0 Å². The predicted molar refractivity (Wildman–Crippen MR) is 67.2 cm³/mol. The standard InChI is InChI=1S/C11H10ClN3OS/c1-7(11-13-4-5-17-11)15-10(16)8-2-3-9(12)14-6-8/h2-7H,1H3,(H,15,16). The number of carbonyl (C=O) groups is 1. The SMILES string of the molecule is CC(NC(=O)c1ccc(Cl)nc1)c1nccs1. The van der Waals surface area contributed by atoms with E-state index in [1.807, 2.05) is 12.3 Å². The summed E-state index contributed by atoms with van der Waals surface area (Å²) in [6, 6.07) is 3.11. The van der Waals surface area contributed by atoms with E-state index in [4.69, 9.17) is 11.6 Å². The van der Waals surface area contributed by atoms with Gasteiger partial charge < -0.3 is 5.32 Å². The molecule has 88 valence electrons. The summed E-state index contributed by atoms with van der Waals surface area (Å²) in [7, 11) is 0. The molecular formula is C11H10ClN3OS. The molecule has 2 heterocycles. The van der Waals surface area contributed by atoms with Gasteiger partial charge in [-0.2, -0.15) is 0 Å². The summed E-state index contributed by atoms with van der Waals surface area (Å²) < 4.78 is 0. The molecule has 0 bridgehead atoms. The molecule has 2 aromatic heterocycles. The Balaban J connectivity index is 2.04. The minimum absolute atomic E-state index is 0.113. The highest BCUT2D eigenvalue weighted by atomic mass is 35.5. The highest BCUT2D eigenvalue weighted by Gasteiger charge is 2.13. The first-order chi connectivity index (χ1) is 8.16. The van der Waals surface area contributed by atoms with Crippen LogP contribution in [0.1, 0.15) is 28.3 Å². The van der Waals surface area contributed by atoms with E-state index in [0.717, 1.165) is 5.01 Å². The smallest absolute Gasteiger partial charge is 0.253 e. The maximum absolute atomic E-state index is 11.8. The Morgan fingerprint density at radius 3 is 2.88 bits per heavy atom. The fraction of sp³-hybridized carbons (Fsp3) is 0.182. The molecule has 0 fully saturated rings. The average molecular weight is 268 g/mol. The van der Waals surface area contributed by atoms with Crippen molar-refractivity contribution in [2.45, 2.75) is 13.0 Å². The molecule has 0 spiro atoms. The van der Waals surface area contributed by atoms with Crippen molar-refractivity contribution in [1.29, 1.82) is 0 Å². The highest BCUT2D eigenvalue weighted by molar-refractivity contribution is 7.09. The summed E-state index contributed by atoms with van der Waals surface area (Å²) in [5.74, 6) is -0.183. The van der Waals surface area contributed by atoms with Gasteiger partial charge in [-0.1, -0.05) is 11.6 Å². The number of thiazole rings is 1. The van der Waals surface area contributed by atoms with Crippen LogP contribution in [0.2, 0.25) is 5.15 Å². The number of pyridine rings is 1. The third-order valence-electron chi connectivity index (χ3n) is 2.16. The van der Waals surface area contributed by atoms with Gasteiger partial charge >= 0.3 is 0 Å². The predicted octanol–water partition coefficient (Wildman–Crippen LogP) is 2.68. The van der Waals surface area contributed by atoms with Crippen LogP contribution < -0.4 is 5.32 Å². The number of nitrogens with one attached hydrogen (secondary N) is 1. The number of carbonyl (C=O) groups excluding carboxylic acids is 1. The monoisotopic (exact) mass is 267 g/mol. The van der Waals surface area contributed by atoms with Crippen LogP contribution in [0.3, 0.4) is 0 Å². The van der Waals surface area contributed by atoms with Gasteiger partial charge in [-0.05, 0) is 19.1 Å². The highest BCUT2D eigenvalue weighted by Crippen LogP contribution is 2.15. The van der Waals surface area contributed by atoms with Crippen LogP contribution in [-0.4, -0.2) is 15.9 Å². The van der Waals surface area contributed by atoms with Crippen LogP contribution in [-0.2, 0) is 0 Å². The topological polar surface area (TPSA) is 54.9 Å². The van der Waals surface area contributed by atoms with Crippen LogP contribution in [0.5, 0.6) is 0 Å². The van der Waals surface area contributed by atoms with Crippen molar-refractivity contribution in [3.63, 3.8) is 0 Å². The molecule has 1 N–H and O–H groups in total. The minimum Gasteiger partial charge on any atom is -0.343 e. The number of hydrogen-bond donors (Lipinski definition) is 1. The Bertz CT molecular complexity index is 498. The van der Waals surface area contributed by atoms with Crippen molar-refractivity contribution in [3.8, 4) is 0 Å². The fourth-order valence-corrected chi connectivity index (χ4v) is 2.06. The maximum Gasteiger partial charge on any atom is 0.253 e. The van der Waals surface area contributed by atoms with Crippen molar-refractivity contribution in [3.05, 3.63) is 45.6 Å². The van der Waals surface area contributed by atoms with Gasteiger partial charge in [-0.25, -0.2) is 9.97 Å². The minimum atomic E-state index is -0.183. The molecule has 6 heteroatoms. The normalized spacial score (nSPS) is 12.1. The lowest BCUT2D eigenvalue weighted by Crippen LogP contribution is -2.26. The zero-order valence-electron chi connectivity index (χ0n) is 9.05. The number of amides is 1. The molecule has 0 radical (unpaired) electrons. The number of aromatic nitrogens is 2. The molecule has 4 nitrogen and oxygen atoms in total. The van der Waals surface area contributed by atoms with E-state index in [2.05, 4.69) is 15.3 Å². The van der Waals surface area contributed by atoms with Crippen molar-refractivity contribution in [2.24, 2.45) is 0 Å². The van der Waals surface area contributed by atoms with E-state index in [0.29, 0.717) is 10.7 Å². The lowest BCUT2D eigenvalue weighted by atomic mass is 10.2. The van der Waals surface area contributed by atoms with Crippen molar-refractivity contribution in [2.75, 3.05) is 0 Å². The Labute approximate surface area is 108 Å². The second-order valence-electron chi connectivity index (χ2n) is 3.44. The number of nitrogens with zero attached hydrogens (tertiary/aromatic N) is 2. The van der Waals surface area contributed by atoms with E-state index in [1.54, 1.807) is 18.3 Å². The summed E-state index contributed by atoms with van der Waals surface area (Å²) in [5.41, 5.74) is 0.484. The van der Waals surface area contributed by atoms with Crippen molar-refractivity contribution in [1.82, 2.24) is 15.3 Å². The number of rotatable bonds is 3. The van der Waals surface area contributed by atoms with E-state index >= 15 is 0 Å². The Morgan fingerprint density at radius 2 is 2.29 bits per heavy atom. The van der Waals surface area contributed by atoms with Gasteiger partial charge in [0, 0.05) is 17.8 Å². The first-order valence-electron chi connectivity index (χ1n) is 4.98. The third-order valence-corrected chi connectivity index (χ3v) is 3.34. The summed E-state index contributed by atoms with van der Waals surface area (Å²) >= 11 is 7.16. The van der Waals surface area contributed by atoms with Crippen LogP contribution in [0.25, 0.3) is 0 Å². The summed E-state index contributed by atoms with van der Waals surface area (Å²) in [6.07, 6.45) is 3.17. The summed E-state index contributed by atoms with van der Waals surface area (Å²) in [5, 5.41) is 5.97. The molecule has 1 unspecified atom stereocenters. The molecule has 0 aliphatic rings. The molecule has 0 saturated carbocycles. The molecule has 2 aromatic rings. The molecule has 0 aliphatic carbocycles. The van der Waals surface area contributed by atoms with Crippen LogP contribution in [0.4, 0.5) is 0 Å². The van der Waals surface area contributed by atoms with Crippen LogP contribution in [0, 0.1) is 0 Å². The van der Waals surface area contributed by atoms with Gasteiger partial charge in [-0.3, -0.25) is 4.79 Å². The maximum atomic E-state index is 11.8. The zero-order valence-corrected chi connectivity index (χ0v) is 10.6. The quantitative estimate of drug-likeness (QED) is 0.870. The van der Waals surface area contributed by atoms with Gasteiger partial charge in [0.15, 0.2) is 0 Å². The molecule has 0 aliphatic heterocycles. The van der Waals surface area contributed by atoms with Crippen molar-refractivity contribution >= 4 is 28.8 Å². The molecular weight excluding hydrogens is 258 g/mol. The van der Waals surface area contributed by atoms with E-state index in [1.165, 1.54) is 17.5 Å². The van der Waals surface area contributed by atoms with E-state index in [9.17, 15) is 4.79 Å². The first kappa shape index (κ1) is 12.0.